The fourth-order valence-corrected chi connectivity index (χ4v) is 8.78. The van der Waals surface area contributed by atoms with E-state index in [2.05, 4.69) is 32.6 Å². The second-order valence-electron chi connectivity index (χ2n) is 12.8. The van der Waals surface area contributed by atoms with Crippen molar-refractivity contribution in [1.82, 2.24) is 19.6 Å². The molecule has 0 N–H and O–H groups in total. The molecule has 4 aliphatic rings. The van der Waals surface area contributed by atoms with Gasteiger partial charge in [-0.1, -0.05) is 68.2 Å². The summed E-state index contributed by atoms with van der Waals surface area (Å²) in [5.41, 5.74) is 2.29. The number of allylic oxidation sites excluding steroid dienone is 1. The Bertz CT molecular complexity index is 1580. The van der Waals surface area contributed by atoms with Crippen molar-refractivity contribution in [1.29, 1.82) is 0 Å². The van der Waals surface area contributed by atoms with Gasteiger partial charge in [0.1, 0.15) is 16.5 Å². The number of carbonyl (C=O) groups excluding carboxylic acids is 3. The third kappa shape index (κ3) is 5.55. The highest BCUT2D eigenvalue weighted by molar-refractivity contribution is 8.18. The number of halogens is 2. The lowest BCUT2D eigenvalue weighted by Gasteiger charge is -2.38. The molecule has 2 aromatic rings. The number of piperazine rings is 1. The minimum absolute atomic E-state index is 0.00129. The number of rotatable bonds is 6. The molecule has 6 rings (SSSR count). The molecule has 4 aliphatic heterocycles. The van der Waals surface area contributed by atoms with Gasteiger partial charge in [0.25, 0.3) is 5.91 Å². The molecule has 0 aromatic heterocycles. The highest BCUT2D eigenvalue weighted by atomic mass is 35.5. The van der Waals surface area contributed by atoms with Gasteiger partial charge in [-0.3, -0.25) is 14.4 Å². The summed E-state index contributed by atoms with van der Waals surface area (Å²) in [5.74, 6) is -0.350. The number of thioether (sulfide) groups is 1. The van der Waals surface area contributed by atoms with Crippen LogP contribution in [-0.2, 0) is 19.9 Å². The van der Waals surface area contributed by atoms with Crippen molar-refractivity contribution < 1.29 is 14.4 Å². The van der Waals surface area contributed by atoms with E-state index in [4.69, 9.17) is 28.2 Å². The van der Waals surface area contributed by atoms with E-state index in [1.807, 2.05) is 53.4 Å². The maximum atomic E-state index is 14.7. The Kier molecular flexibility index (Phi) is 8.74. The van der Waals surface area contributed by atoms with Crippen LogP contribution >= 0.6 is 35.0 Å². The lowest BCUT2D eigenvalue weighted by Crippen LogP contribution is -2.56. The first-order valence-corrected chi connectivity index (χ1v) is 17.2. The highest BCUT2D eigenvalue weighted by Gasteiger charge is 2.54. The van der Waals surface area contributed by atoms with E-state index in [1.165, 1.54) is 11.8 Å². The van der Waals surface area contributed by atoms with E-state index >= 15 is 0 Å². The number of amides is 3. The first kappa shape index (κ1) is 32.0. The maximum Gasteiger partial charge on any atom is 0.263 e. The molecular formula is C34H39Cl2N5O3S. The Morgan fingerprint density at radius 1 is 1.02 bits per heavy atom. The van der Waals surface area contributed by atoms with Crippen LogP contribution in [-0.4, -0.2) is 81.3 Å². The number of amidine groups is 1. The summed E-state index contributed by atoms with van der Waals surface area (Å²) in [5, 5.41) is 2.07. The van der Waals surface area contributed by atoms with Gasteiger partial charge in [0.2, 0.25) is 11.8 Å². The number of hydrogen-bond donors (Lipinski definition) is 0. The van der Waals surface area contributed by atoms with Crippen LogP contribution in [0.1, 0.15) is 64.1 Å². The number of aliphatic imine (C=N–C) groups is 1. The zero-order chi connectivity index (χ0) is 32.2. The molecule has 2 saturated heterocycles. The van der Waals surface area contributed by atoms with E-state index in [9.17, 15) is 14.4 Å². The van der Waals surface area contributed by atoms with E-state index in [0.717, 1.165) is 34.8 Å². The molecule has 45 heavy (non-hydrogen) atoms. The van der Waals surface area contributed by atoms with Gasteiger partial charge in [0.15, 0.2) is 5.17 Å². The lowest BCUT2D eigenvalue weighted by atomic mass is 9.81. The van der Waals surface area contributed by atoms with Gasteiger partial charge in [-0.05, 0) is 79.3 Å². The molecule has 0 spiro atoms. The molecule has 2 aromatic carbocycles. The quantitative estimate of drug-likeness (QED) is 0.361. The van der Waals surface area contributed by atoms with Crippen molar-refractivity contribution >= 4 is 57.9 Å². The second kappa shape index (κ2) is 12.3. The summed E-state index contributed by atoms with van der Waals surface area (Å²) in [7, 11) is 1.75. The van der Waals surface area contributed by atoms with E-state index in [-0.39, 0.29) is 42.3 Å². The Morgan fingerprint density at radius 2 is 1.67 bits per heavy atom. The van der Waals surface area contributed by atoms with Crippen LogP contribution in [0.15, 0.2) is 64.1 Å². The van der Waals surface area contributed by atoms with E-state index < -0.39 is 11.6 Å². The monoisotopic (exact) mass is 667 g/mol. The molecule has 3 amide bonds. The fourth-order valence-electron chi connectivity index (χ4n) is 7.17. The van der Waals surface area contributed by atoms with E-state index in [0.29, 0.717) is 34.5 Å². The fraction of sp³-hybridized carbons (Fsp3) is 0.471. The first-order chi connectivity index (χ1) is 21.4. The van der Waals surface area contributed by atoms with Crippen molar-refractivity contribution in [3.63, 3.8) is 0 Å². The summed E-state index contributed by atoms with van der Waals surface area (Å²) in [4.78, 5) is 54.3. The highest BCUT2D eigenvalue weighted by Crippen LogP contribution is 2.56. The molecule has 0 saturated carbocycles. The number of carbonyl (C=O) groups is 3. The van der Waals surface area contributed by atoms with Gasteiger partial charge in [-0.25, -0.2) is 4.99 Å². The summed E-state index contributed by atoms with van der Waals surface area (Å²) in [6.07, 6.45) is 2.09. The molecule has 0 unspecified atom stereocenters. The average Bonchev–Trinajstić information content (AvgIpc) is 3.69. The minimum Gasteiger partial charge on any atom is -0.342 e. The Hall–Kier alpha value is -3.01. The average molecular weight is 669 g/mol. The van der Waals surface area contributed by atoms with Crippen molar-refractivity contribution in [3.8, 4) is 0 Å². The standard InChI is InChI=1S/C34H39Cl2N5O3S/c1-6-25-15-16-26(31(43)39-18-17-38(5)27(42)19-39)40(25)32(44)29-28(20(2)3)41-30(21-7-11-23(35)12-8-21)34(4,37-33(41)45-29)22-9-13-24(36)14-10-22/h7-14,20,25-26,30H,6,15-19H2,1-5H3/t25-,26-,30-,34+/m1/s1. The maximum absolute atomic E-state index is 14.7. The zero-order valence-electron chi connectivity index (χ0n) is 26.3. The SMILES string of the molecule is CC[C@@H]1CC[C@H](C(=O)N2CCN(C)C(=O)C2)N1C(=O)C1=C(C(C)C)N2C(=N[C@@](C)(c3ccc(Cl)cc3)[C@H]2c2ccc(Cl)cc2)S1. The van der Waals surface area contributed by atoms with Crippen LogP contribution < -0.4 is 0 Å². The van der Waals surface area contributed by atoms with Gasteiger partial charge in [0, 0.05) is 41.9 Å². The molecule has 0 aliphatic carbocycles. The lowest BCUT2D eigenvalue weighted by molar-refractivity contribution is -0.149. The molecule has 0 radical (unpaired) electrons. The van der Waals surface area contributed by atoms with Crippen LogP contribution in [0.2, 0.25) is 10.0 Å². The smallest absolute Gasteiger partial charge is 0.263 e. The Labute approximate surface area is 279 Å². The normalized spacial score (nSPS) is 26.7. The van der Waals surface area contributed by atoms with Gasteiger partial charge in [0.05, 0.1) is 12.6 Å². The number of nitrogens with zero attached hydrogens (tertiary/aromatic N) is 5. The minimum atomic E-state index is -0.665. The van der Waals surface area contributed by atoms with Crippen LogP contribution in [0.3, 0.4) is 0 Å². The van der Waals surface area contributed by atoms with Gasteiger partial charge in [-0.15, -0.1) is 0 Å². The summed E-state index contributed by atoms with van der Waals surface area (Å²) in [6.45, 7) is 9.41. The van der Waals surface area contributed by atoms with Crippen molar-refractivity contribution in [2.75, 3.05) is 26.7 Å². The van der Waals surface area contributed by atoms with Crippen molar-refractivity contribution in [3.05, 3.63) is 80.3 Å². The predicted octanol–water partition coefficient (Wildman–Crippen LogP) is 6.31. The second-order valence-corrected chi connectivity index (χ2v) is 14.6. The van der Waals surface area contributed by atoms with E-state index in [1.54, 1.807) is 16.8 Å². The Balaban J connectivity index is 1.40. The molecular weight excluding hydrogens is 629 g/mol. The van der Waals surface area contributed by atoms with Crippen molar-refractivity contribution in [2.45, 2.75) is 70.6 Å². The van der Waals surface area contributed by atoms with Crippen LogP contribution in [0, 0.1) is 5.92 Å². The predicted molar refractivity (Wildman–Crippen MR) is 180 cm³/mol. The number of fused-ring (bicyclic) bond motifs is 1. The number of likely N-dealkylation sites (tertiary alicyclic amines) is 1. The Morgan fingerprint density at radius 3 is 2.27 bits per heavy atom. The molecule has 4 heterocycles. The van der Waals surface area contributed by atoms with Crippen LogP contribution in [0.25, 0.3) is 0 Å². The third-order valence-electron chi connectivity index (χ3n) is 9.63. The molecule has 238 valence electrons. The first-order valence-electron chi connectivity index (χ1n) is 15.6. The van der Waals surface area contributed by atoms with Crippen molar-refractivity contribution in [2.24, 2.45) is 10.9 Å². The number of likely N-dealkylation sites (N-methyl/N-ethyl adjacent to an activating group) is 1. The molecule has 11 heteroatoms. The topological polar surface area (TPSA) is 76.5 Å². The molecule has 0 bridgehead atoms. The van der Waals surface area contributed by atoms with Gasteiger partial charge < -0.3 is 19.6 Å². The third-order valence-corrected chi connectivity index (χ3v) is 11.2. The largest absolute Gasteiger partial charge is 0.342 e. The zero-order valence-corrected chi connectivity index (χ0v) is 28.6. The van der Waals surface area contributed by atoms with Gasteiger partial charge >= 0.3 is 0 Å². The molecule has 4 atom stereocenters. The van der Waals surface area contributed by atoms with Crippen LogP contribution in [0.4, 0.5) is 0 Å². The summed E-state index contributed by atoms with van der Waals surface area (Å²) < 4.78 is 0. The van der Waals surface area contributed by atoms with Crippen LogP contribution in [0.5, 0.6) is 0 Å². The number of benzene rings is 2. The summed E-state index contributed by atoms with van der Waals surface area (Å²) in [6, 6.07) is 14.7. The molecule has 8 nitrogen and oxygen atoms in total. The summed E-state index contributed by atoms with van der Waals surface area (Å²) >= 11 is 14.0. The number of hydrogen-bond acceptors (Lipinski definition) is 6. The van der Waals surface area contributed by atoms with Gasteiger partial charge in [-0.2, -0.15) is 0 Å². The molecule has 2 fully saturated rings.